The maximum atomic E-state index is 12.3. The van der Waals surface area contributed by atoms with Gasteiger partial charge in [-0.2, -0.15) is 0 Å². The number of nitrogens with one attached hydrogen (secondary N) is 1. The van der Waals surface area contributed by atoms with Crippen molar-refractivity contribution in [1.82, 2.24) is 10.2 Å². The lowest BCUT2D eigenvalue weighted by Gasteiger charge is -2.18. The summed E-state index contributed by atoms with van der Waals surface area (Å²) in [6.07, 6.45) is 2.47. The lowest BCUT2D eigenvalue weighted by Crippen LogP contribution is -2.43. The lowest BCUT2D eigenvalue weighted by atomic mass is 10.1. The molecule has 2 heterocycles. The first kappa shape index (κ1) is 16.7. The van der Waals surface area contributed by atoms with Crippen LogP contribution < -0.4 is 20.7 Å². The topological polar surface area (TPSA) is 87.9 Å². The van der Waals surface area contributed by atoms with Gasteiger partial charge < -0.3 is 25.6 Å². The monoisotopic (exact) mass is 332 g/mol. The van der Waals surface area contributed by atoms with Crippen LogP contribution in [-0.4, -0.2) is 62.6 Å². The van der Waals surface area contributed by atoms with E-state index in [1.165, 1.54) is 17.7 Å². The van der Waals surface area contributed by atoms with Crippen LogP contribution in [0.4, 0.5) is 5.69 Å². The number of carbonyl (C=O) groups excluding carboxylic acids is 2. The average molecular weight is 332 g/mol. The number of hydrogen-bond donors (Lipinski definition) is 2. The molecule has 0 radical (unpaired) electrons. The third kappa shape index (κ3) is 3.52. The van der Waals surface area contributed by atoms with Gasteiger partial charge in [0.2, 0.25) is 5.91 Å². The Hall–Kier alpha value is -2.12. The number of benzene rings is 1. The molecule has 1 aromatic carbocycles. The molecule has 2 aliphatic heterocycles. The highest BCUT2D eigenvalue weighted by molar-refractivity contribution is 6.01. The van der Waals surface area contributed by atoms with Crippen LogP contribution in [0.3, 0.4) is 0 Å². The van der Waals surface area contributed by atoms with Crippen molar-refractivity contribution in [1.29, 1.82) is 0 Å². The molecule has 2 aliphatic rings. The number of carbonyl (C=O) groups is 2. The minimum Gasteiger partial charge on any atom is -0.489 e. The van der Waals surface area contributed by atoms with E-state index in [1.807, 2.05) is 0 Å². The highest BCUT2D eigenvalue weighted by Crippen LogP contribution is 2.31. The Balaban J connectivity index is 1.66. The van der Waals surface area contributed by atoms with Crippen molar-refractivity contribution in [3.8, 4) is 5.75 Å². The second kappa shape index (κ2) is 7.19. The van der Waals surface area contributed by atoms with Crippen LogP contribution in [0.5, 0.6) is 5.75 Å². The molecular formula is C17H24N4O3. The summed E-state index contributed by atoms with van der Waals surface area (Å²) in [5.74, 6) is 0.194. The van der Waals surface area contributed by atoms with Crippen LogP contribution in [0.15, 0.2) is 18.2 Å². The molecule has 2 amide bonds. The van der Waals surface area contributed by atoms with E-state index < -0.39 is 6.04 Å². The van der Waals surface area contributed by atoms with E-state index in [2.05, 4.69) is 10.2 Å². The Kier molecular flexibility index (Phi) is 5.01. The standard InChI is InChI=1S/C17H24N4O3/c1-20-14-10-12(4-5-15(14)24-11-13(18)17(20)23)16(22)19-6-9-21-7-2-3-8-21/h4-5,10,13H,2-3,6-9,11,18H2,1H3,(H,19,22). The average Bonchev–Trinajstić information content (AvgIpc) is 3.08. The zero-order chi connectivity index (χ0) is 17.1. The Morgan fingerprint density at radius 3 is 2.88 bits per heavy atom. The van der Waals surface area contributed by atoms with Crippen LogP contribution in [0.1, 0.15) is 23.2 Å². The van der Waals surface area contributed by atoms with E-state index in [4.69, 9.17) is 10.5 Å². The molecule has 7 nitrogen and oxygen atoms in total. The van der Waals surface area contributed by atoms with Gasteiger partial charge in [-0.1, -0.05) is 0 Å². The van der Waals surface area contributed by atoms with Crippen molar-refractivity contribution in [3.63, 3.8) is 0 Å². The van der Waals surface area contributed by atoms with Gasteiger partial charge in [0, 0.05) is 25.7 Å². The largest absolute Gasteiger partial charge is 0.489 e. The molecule has 3 rings (SSSR count). The van der Waals surface area contributed by atoms with Gasteiger partial charge in [0.15, 0.2) is 0 Å². The molecule has 0 saturated carbocycles. The van der Waals surface area contributed by atoms with Crippen molar-refractivity contribution in [2.24, 2.45) is 5.73 Å². The van der Waals surface area contributed by atoms with Crippen molar-refractivity contribution in [3.05, 3.63) is 23.8 Å². The molecule has 3 N–H and O–H groups in total. The quantitative estimate of drug-likeness (QED) is 0.822. The number of amides is 2. The number of likely N-dealkylation sites (N-methyl/N-ethyl adjacent to an activating group) is 1. The number of fused-ring (bicyclic) bond motifs is 1. The van der Waals surface area contributed by atoms with Crippen molar-refractivity contribution in [2.75, 3.05) is 44.7 Å². The number of nitrogens with zero attached hydrogens (tertiary/aromatic N) is 2. The number of ether oxygens (including phenoxy) is 1. The van der Waals surface area contributed by atoms with Gasteiger partial charge in [-0.25, -0.2) is 0 Å². The highest BCUT2D eigenvalue weighted by atomic mass is 16.5. The number of likely N-dealkylation sites (tertiary alicyclic amines) is 1. The molecule has 1 fully saturated rings. The molecule has 130 valence electrons. The Morgan fingerprint density at radius 2 is 2.12 bits per heavy atom. The van der Waals surface area contributed by atoms with E-state index in [0.717, 1.165) is 19.6 Å². The lowest BCUT2D eigenvalue weighted by molar-refractivity contribution is -0.119. The van der Waals surface area contributed by atoms with Gasteiger partial charge in [0.1, 0.15) is 18.4 Å². The Bertz CT molecular complexity index is 628. The third-order valence-electron chi connectivity index (χ3n) is 4.56. The summed E-state index contributed by atoms with van der Waals surface area (Å²) in [6, 6.07) is 4.41. The molecule has 1 aromatic rings. The third-order valence-corrected chi connectivity index (χ3v) is 4.56. The van der Waals surface area contributed by atoms with E-state index in [-0.39, 0.29) is 18.4 Å². The highest BCUT2D eigenvalue weighted by Gasteiger charge is 2.27. The molecule has 1 unspecified atom stereocenters. The van der Waals surface area contributed by atoms with Crippen LogP contribution in [0, 0.1) is 0 Å². The Labute approximate surface area is 141 Å². The number of hydrogen-bond acceptors (Lipinski definition) is 5. The smallest absolute Gasteiger partial charge is 0.251 e. The fourth-order valence-electron chi connectivity index (χ4n) is 3.10. The van der Waals surface area contributed by atoms with Crippen LogP contribution in [0.2, 0.25) is 0 Å². The summed E-state index contributed by atoms with van der Waals surface area (Å²) in [5.41, 5.74) is 6.85. The zero-order valence-corrected chi connectivity index (χ0v) is 14.0. The minimum atomic E-state index is -0.694. The molecule has 0 aliphatic carbocycles. The number of nitrogens with two attached hydrogens (primary N) is 1. The molecular weight excluding hydrogens is 308 g/mol. The van der Waals surface area contributed by atoms with E-state index in [1.54, 1.807) is 25.2 Å². The molecule has 7 heteroatoms. The normalized spacial score (nSPS) is 21.2. The van der Waals surface area contributed by atoms with E-state index >= 15 is 0 Å². The fraction of sp³-hybridized carbons (Fsp3) is 0.529. The molecule has 24 heavy (non-hydrogen) atoms. The first-order valence-corrected chi connectivity index (χ1v) is 8.37. The van der Waals surface area contributed by atoms with Gasteiger partial charge >= 0.3 is 0 Å². The second-order valence-corrected chi connectivity index (χ2v) is 6.30. The van der Waals surface area contributed by atoms with Crippen molar-refractivity contribution < 1.29 is 14.3 Å². The first-order valence-electron chi connectivity index (χ1n) is 8.37. The maximum absolute atomic E-state index is 12.3. The summed E-state index contributed by atoms with van der Waals surface area (Å²) in [5, 5.41) is 2.93. The molecule has 0 spiro atoms. The maximum Gasteiger partial charge on any atom is 0.251 e. The summed E-state index contributed by atoms with van der Waals surface area (Å²) in [6.45, 7) is 3.84. The van der Waals surface area contributed by atoms with E-state index in [9.17, 15) is 9.59 Å². The summed E-state index contributed by atoms with van der Waals surface area (Å²) >= 11 is 0. The van der Waals surface area contributed by atoms with Crippen LogP contribution in [0.25, 0.3) is 0 Å². The van der Waals surface area contributed by atoms with Gasteiger partial charge in [-0.3, -0.25) is 9.59 Å². The molecule has 0 aromatic heterocycles. The molecule has 1 saturated heterocycles. The van der Waals surface area contributed by atoms with Gasteiger partial charge in [-0.05, 0) is 44.1 Å². The van der Waals surface area contributed by atoms with Crippen molar-refractivity contribution in [2.45, 2.75) is 18.9 Å². The predicted octanol–water partition coefficient (Wildman–Crippen LogP) is 0.195. The first-order chi connectivity index (χ1) is 11.6. The van der Waals surface area contributed by atoms with Crippen molar-refractivity contribution >= 4 is 17.5 Å². The Morgan fingerprint density at radius 1 is 1.38 bits per heavy atom. The minimum absolute atomic E-state index is 0.136. The SMILES string of the molecule is CN1C(=O)C(N)COc2ccc(C(=O)NCCN3CCCC3)cc21. The second-order valence-electron chi connectivity index (χ2n) is 6.30. The predicted molar refractivity (Wildman–Crippen MR) is 91.3 cm³/mol. The van der Waals surface area contributed by atoms with Gasteiger partial charge in [-0.15, -0.1) is 0 Å². The number of rotatable bonds is 4. The van der Waals surface area contributed by atoms with Gasteiger partial charge in [0.05, 0.1) is 5.69 Å². The van der Waals surface area contributed by atoms with Gasteiger partial charge in [0.25, 0.3) is 5.91 Å². The number of anilines is 1. The van der Waals surface area contributed by atoms with E-state index in [0.29, 0.717) is 23.5 Å². The summed E-state index contributed by atoms with van der Waals surface area (Å²) < 4.78 is 5.56. The zero-order valence-electron chi connectivity index (χ0n) is 14.0. The van der Waals surface area contributed by atoms with Crippen LogP contribution >= 0.6 is 0 Å². The molecule has 0 bridgehead atoms. The molecule has 1 atom stereocenters. The fourth-order valence-corrected chi connectivity index (χ4v) is 3.10. The van der Waals surface area contributed by atoms with Crippen LogP contribution in [-0.2, 0) is 4.79 Å². The summed E-state index contributed by atoms with van der Waals surface area (Å²) in [7, 11) is 1.64. The summed E-state index contributed by atoms with van der Waals surface area (Å²) in [4.78, 5) is 28.3.